The number of para-hydroxylation sites is 1. The molecule has 0 spiro atoms. The molecule has 0 aliphatic heterocycles. The molecule has 196 valence electrons. The molecule has 3 aromatic heterocycles. The van der Waals surface area contributed by atoms with Crippen molar-refractivity contribution in [3.05, 3.63) is 127 Å². The van der Waals surface area contributed by atoms with E-state index in [2.05, 4.69) is 42.5 Å². The number of oxazole rings is 1. The van der Waals surface area contributed by atoms with E-state index in [0.717, 1.165) is 77.1 Å². The quantitative estimate of drug-likeness (QED) is 0.224. The summed E-state index contributed by atoms with van der Waals surface area (Å²) >= 11 is 0. The van der Waals surface area contributed by atoms with E-state index in [1.54, 1.807) is 0 Å². The van der Waals surface area contributed by atoms with Gasteiger partial charge in [-0.1, -0.05) is 91.0 Å². The van der Waals surface area contributed by atoms with Gasteiger partial charge in [0.15, 0.2) is 11.4 Å². The second-order valence-electron chi connectivity index (χ2n) is 10.4. The summed E-state index contributed by atoms with van der Waals surface area (Å²) < 4.78 is 12.7. The molecule has 3 heterocycles. The first-order chi connectivity index (χ1) is 20.8. The van der Waals surface area contributed by atoms with Gasteiger partial charge in [0.2, 0.25) is 5.89 Å². The molecule has 0 aliphatic rings. The Morgan fingerprint density at radius 3 is 2.02 bits per heavy atom. The first kappa shape index (κ1) is 22.9. The van der Waals surface area contributed by atoms with Gasteiger partial charge >= 0.3 is 0 Å². The normalized spacial score (nSPS) is 11.8. The zero-order valence-corrected chi connectivity index (χ0v) is 22.3. The van der Waals surface area contributed by atoms with Gasteiger partial charge in [0.05, 0.1) is 16.6 Å². The lowest BCUT2D eigenvalue weighted by molar-refractivity contribution is 0.619. The van der Waals surface area contributed by atoms with Crippen molar-refractivity contribution in [3.8, 4) is 34.1 Å². The number of aromatic nitrogens is 3. The second kappa shape index (κ2) is 8.85. The summed E-state index contributed by atoms with van der Waals surface area (Å²) in [7, 11) is 0. The van der Waals surface area contributed by atoms with Crippen molar-refractivity contribution < 1.29 is 8.83 Å². The zero-order valence-electron chi connectivity index (χ0n) is 22.3. The van der Waals surface area contributed by atoms with Crippen molar-refractivity contribution >= 4 is 54.7 Å². The minimum absolute atomic E-state index is 0.596. The highest BCUT2D eigenvalue weighted by atomic mass is 16.4. The summed E-state index contributed by atoms with van der Waals surface area (Å²) in [4.78, 5) is 15.0. The van der Waals surface area contributed by atoms with Gasteiger partial charge in [-0.15, -0.1) is 0 Å². The van der Waals surface area contributed by atoms with Crippen molar-refractivity contribution in [1.29, 1.82) is 0 Å². The van der Waals surface area contributed by atoms with Crippen LogP contribution in [0.1, 0.15) is 0 Å². The van der Waals surface area contributed by atoms with E-state index in [4.69, 9.17) is 23.8 Å². The Labute approximate surface area is 239 Å². The first-order valence-electron chi connectivity index (χ1n) is 13.9. The van der Waals surface area contributed by atoms with Gasteiger partial charge < -0.3 is 8.83 Å². The highest BCUT2D eigenvalue weighted by Gasteiger charge is 2.19. The average Bonchev–Trinajstić information content (AvgIpc) is 3.67. The van der Waals surface area contributed by atoms with Crippen LogP contribution in [-0.2, 0) is 0 Å². The summed E-state index contributed by atoms with van der Waals surface area (Å²) in [5.74, 6) is 1.28. The van der Waals surface area contributed by atoms with E-state index < -0.39 is 0 Å². The van der Waals surface area contributed by atoms with Crippen LogP contribution in [0.25, 0.3) is 88.8 Å². The van der Waals surface area contributed by atoms with Crippen molar-refractivity contribution in [2.24, 2.45) is 0 Å². The number of hydrogen-bond donors (Lipinski definition) is 0. The van der Waals surface area contributed by atoms with Crippen LogP contribution in [0.5, 0.6) is 0 Å². The Hall–Kier alpha value is -5.81. The molecular weight excluding hydrogens is 518 g/mol. The van der Waals surface area contributed by atoms with Crippen molar-refractivity contribution in [1.82, 2.24) is 15.0 Å². The van der Waals surface area contributed by atoms with Gasteiger partial charge in [-0.2, -0.15) is 0 Å². The molecule has 0 unspecified atom stereocenters. The van der Waals surface area contributed by atoms with Crippen molar-refractivity contribution in [3.63, 3.8) is 0 Å². The number of hydrogen-bond acceptors (Lipinski definition) is 5. The van der Waals surface area contributed by atoms with Crippen LogP contribution in [0.15, 0.2) is 136 Å². The second-order valence-corrected chi connectivity index (χ2v) is 10.4. The molecule has 9 aromatic rings. The first-order valence-corrected chi connectivity index (χ1v) is 13.9. The highest BCUT2D eigenvalue weighted by Crippen LogP contribution is 2.41. The van der Waals surface area contributed by atoms with E-state index in [1.165, 1.54) is 0 Å². The lowest BCUT2D eigenvalue weighted by atomic mass is 10.00. The van der Waals surface area contributed by atoms with Crippen molar-refractivity contribution in [2.45, 2.75) is 0 Å². The molecule has 42 heavy (non-hydrogen) atoms. The predicted molar refractivity (Wildman–Crippen MR) is 168 cm³/mol. The van der Waals surface area contributed by atoms with E-state index in [-0.39, 0.29) is 0 Å². The van der Waals surface area contributed by atoms with Gasteiger partial charge in [-0.05, 0) is 41.8 Å². The number of fused-ring (bicyclic) bond motifs is 8. The molecular formula is C37H21N3O2. The summed E-state index contributed by atoms with van der Waals surface area (Å²) in [6.45, 7) is 0. The summed E-state index contributed by atoms with van der Waals surface area (Å²) in [5, 5.41) is 5.00. The molecule has 0 bridgehead atoms. The molecule has 0 saturated carbocycles. The van der Waals surface area contributed by atoms with E-state index in [9.17, 15) is 0 Å². The summed E-state index contributed by atoms with van der Waals surface area (Å²) in [6.07, 6.45) is 0. The van der Waals surface area contributed by atoms with Crippen molar-refractivity contribution in [2.75, 3.05) is 0 Å². The Kier molecular flexibility index (Phi) is 4.83. The SMILES string of the molecule is c1ccc(-c2nc3c(ccc4oc5c6cccc(-c7nc(-c8ccccc8)c8ccccc8n7)c6ccc5c43)o2)cc1. The van der Waals surface area contributed by atoms with E-state index >= 15 is 0 Å². The Morgan fingerprint density at radius 2 is 1.17 bits per heavy atom. The maximum absolute atomic E-state index is 6.52. The van der Waals surface area contributed by atoms with Crippen LogP contribution in [0.4, 0.5) is 0 Å². The lowest BCUT2D eigenvalue weighted by Gasteiger charge is -2.11. The van der Waals surface area contributed by atoms with Crippen LogP contribution < -0.4 is 0 Å². The minimum Gasteiger partial charge on any atom is -0.455 e. The molecule has 0 atom stereocenters. The van der Waals surface area contributed by atoms with Crippen LogP contribution >= 0.6 is 0 Å². The van der Waals surface area contributed by atoms with Crippen LogP contribution in [0.3, 0.4) is 0 Å². The molecule has 0 saturated heterocycles. The monoisotopic (exact) mass is 539 g/mol. The van der Waals surface area contributed by atoms with Crippen LogP contribution in [0.2, 0.25) is 0 Å². The fourth-order valence-corrected chi connectivity index (χ4v) is 5.98. The molecule has 6 aromatic carbocycles. The number of rotatable bonds is 3. The smallest absolute Gasteiger partial charge is 0.227 e. The van der Waals surface area contributed by atoms with Crippen LogP contribution in [-0.4, -0.2) is 15.0 Å². The maximum atomic E-state index is 6.52. The third-order valence-electron chi connectivity index (χ3n) is 7.93. The highest BCUT2D eigenvalue weighted by molar-refractivity contribution is 6.23. The standard InChI is InChI=1S/C37H21N3O2/c1-3-10-22(11-4-1)33-27-14-7-8-17-29(27)38-36(39-33)26-16-9-15-25-24(26)18-19-28-32-30(41-35(25)28)20-21-31-34(32)40-37(42-31)23-12-5-2-6-13-23/h1-21H. The minimum atomic E-state index is 0.596. The predicted octanol–water partition coefficient (Wildman–Crippen LogP) is 9.82. The molecule has 0 fully saturated rings. The Bertz CT molecular complexity index is 2460. The number of furan rings is 1. The average molecular weight is 540 g/mol. The molecule has 0 N–H and O–H groups in total. The van der Waals surface area contributed by atoms with Gasteiger partial charge in [0, 0.05) is 32.8 Å². The molecule has 0 aliphatic carbocycles. The van der Waals surface area contributed by atoms with Gasteiger partial charge in [-0.25, -0.2) is 15.0 Å². The molecule has 5 heteroatoms. The van der Waals surface area contributed by atoms with E-state index in [1.807, 2.05) is 84.9 Å². The van der Waals surface area contributed by atoms with Crippen LogP contribution in [0, 0.1) is 0 Å². The van der Waals surface area contributed by atoms with Gasteiger partial charge in [0.1, 0.15) is 16.7 Å². The fourth-order valence-electron chi connectivity index (χ4n) is 5.98. The van der Waals surface area contributed by atoms with Gasteiger partial charge in [-0.3, -0.25) is 0 Å². The molecule has 0 amide bonds. The third-order valence-corrected chi connectivity index (χ3v) is 7.93. The fraction of sp³-hybridized carbons (Fsp3) is 0. The molecule has 0 radical (unpaired) electrons. The molecule has 5 nitrogen and oxygen atoms in total. The summed E-state index contributed by atoms with van der Waals surface area (Å²) in [6, 6.07) is 42.8. The summed E-state index contributed by atoms with van der Waals surface area (Å²) in [5.41, 5.74) is 7.89. The number of benzene rings is 6. The Balaban J connectivity index is 1.28. The van der Waals surface area contributed by atoms with Gasteiger partial charge in [0.25, 0.3) is 0 Å². The largest absolute Gasteiger partial charge is 0.455 e. The third kappa shape index (κ3) is 3.40. The Morgan fingerprint density at radius 1 is 0.452 bits per heavy atom. The number of nitrogens with zero attached hydrogens (tertiary/aromatic N) is 3. The van der Waals surface area contributed by atoms with E-state index in [0.29, 0.717) is 11.7 Å². The zero-order chi connectivity index (χ0) is 27.6. The maximum Gasteiger partial charge on any atom is 0.227 e. The molecule has 9 rings (SSSR count). The lowest BCUT2D eigenvalue weighted by Crippen LogP contribution is -1.95. The topological polar surface area (TPSA) is 65.0 Å².